The van der Waals surface area contributed by atoms with Gasteiger partial charge in [-0.05, 0) is 76.7 Å². The molecule has 1 aromatic rings. The lowest BCUT2D eigenvalue weighted by molar-refractivity contribution is -0.186. The predicted octanol–water partition coefficient (Wildman–Crippen LogP) is 7.81. The Hall–Kier alpha value is -4.73. The average Bonchev–Trinajstić information content (AvgIpc) is 3.37. The molecule has 0 radical (unpaired) electrons. The maximum Gasteiger partial charge on any atom is 0.481 e. The minimum absolute atomic E-state index is 0.0543. The van der Waals surface area contributed by atoms with Crippen LogP contribution in [0.5, 0.6) is 0 Å². The van der Waals surface area contributed by atoms with Crippen LogP contribution < -0.4 is 11.4 Å². The Kier molecular flexibility index (Phi) is 32.1. The second-order valence-electron chi connectivity index (χ2n) is 18.4. The summed E-state index contributed by atoms with van der Waals surface area (Å²) in [5, 5.41) is 45.7. The van der Waals surface area contributed by atoms with Gasteiger partial charge in [-0.15, -0.1) is 0 Å². The molecule has 23 heteroatoms. The molecule has 2 aliphatic rings. The van der Waals surface area contributed by atoms with Gasteiger partial charge in [-0.1, -0.05) is 130 Å². The number of phosphoric ester groups is 2. The first-order valence-electron chi connectivity index (χ1n) is 26.4. The molecule has 3 heterocycles. The van der Waals surface area contributed by atoms with Gasteiger partial charge in [0.25, 0.3) is 0 Å². The van der Waals surface area contributed by atoms with Crippen LogP contribution in [0.4, 0.5) is 5.82 Å². The lowest BCUT2D eigenvalue weighted by Gasteiger charge is -2.39. The van der Waals surface area contributed by atoms with E-state index in [1.165, 1.54) is 18.2 Å². The van der Waals surface area contributed by atoms with Crippen molar-refractivity contribution < 1.29 is 81.3 Å². The fraction of sp³-hybridized carbons (Fsp3) is 0.574. The smallest absolute Gasteiger partial charge is 0.462 e. The third-order valence-electron chi connectivity index (χ3n) is 12.0. The highest BCUT2D eigenvalue weighted by Crippen LogP contribution is 2.60. The van der Waals surface area contributed by atoms with Crippen LogP contribution in [-0.2, 0) is 51.1 Å². The molecule has 2 bridgehead atoms. The van der Waals surface area contributed by atoms with Crippen molar-refractivity contribution in [1.82, 2.24) is 9.55 Å². The molecule has 3 rings (SSSR count). The second kappa shape index (κ2) is 37.2. The number of aliphatic hydroxyl groups is 4. The second-order valence-corrected chi connectivity index (χ2v) is 21.5. The molecule has 1 fully saturated rings. The molecular weight excluding hydrogens is 1040 g/mol. The summed E-state index contributed by atoms with van der Waals surface area (Å²) in [5.41, 5.74) is 4.74. The molecule has 8 N–H and O–H groups in total. The van der Waals surface area contributed by atoms with E-state index in [1.54, 1.807) is 18.2 Å². The van der Waals surface area contributed by atoms with E-state index in [2.05, 4.69) is 64.8 Å². The van der Waals surface area contributed by atoms with Gasteiger partial charge in [0.2, 0.25) is 0 Å². The molecule has 0 amide bonds. The van der Waals surface area contributed by atoms with Crippen molar-refractivity contribution in [3.63, 3.8) is 0 Å². The zero-order valence-corrected chi connectivity index (χ0v) is 46.0. The monoisotopic (exact) mass is 1120 g/mol. The Balaban J connectivity index is 1.74. The van der Waals surface area contributed by atoms with Gasteiger partial charge in [-0.25, -0.2) is 13.9 Å². The van der Waals surface area contributed by atoms with Crippen molar-refractivity contribution in [2.24, 2.45) is 11.8 Å². The fourth-order valence-electron chi connectivity index (χ4n) is 7.86. The third kappa shape index (κ3) is 27.6. The summed E-state index contributed by atoms with van der Waals surface area (Å²) in [7, 11) is -11.4. The summed E-state index contributed by atoms with van der Waals surface area (Å²) >= 11 is 0. The van der Waals surface area contributed by atoms with Crippen LogP contribution >= 0.6 is 15.6 Å². The van der Waals surface area contributed by atoms with E-state index in [4.69, 9.17) is 29.0 Å². The van der Waals surface area contributed by atoms with E-state index in [-0.39, 0.29) is 37.9 Å². The van der Waals surface area contributed by atoms with E-state index >= 15 is 0 Å². The minimum atomic E-state index is -5.74. The van der Waals surface area contributed by atoms with Crippen molar-refractivity contribution in [3.05, 3.63) is 120 Å². The van der Waals surface area contributed by atoms with Gasteiger partial charge in [-0.3, -0.25) is 28.0 Å². The van der Waals surface area contributed by atoms with Crippen molar-refractivity contribution in [3.8, 4) is 0 Å². The molecule has 0 aromatic carbocycles. The molecule has 11 atom stereocenters. The number of nitrogen functional groups attached to an aromatic ring is 1. The van der Waals surface area contributed by atoms with E-state index in [0.717, 1.165) is 55.7 Å². The van der Waals surface area contributed by atoms with Crippen LogP contribution in [-0.4, -0.2) is 114 Å². The largest absolute Gasteiger partial charge is 0.481 e. The van der Waals surface area contributed by atoms with Gasteiger partial charge in [0, 0.05) is 31.4 Å². The number of rotatable bonds is 23. The molecule has 0 aliphatic carbocycles. The number of hydrogen-bond acceptors (Lipinski definition) is 18. The number of ether oxygens (including phenoxy) is 3. The van der Waals surface area contributed by atoms with Gasteiger partial charge < -0.3 is 50.2 Å². The van der Waals surface area contributed by atoms with Crippen LogP contribution in [0, 0.1) is 11.8 Å². The Morgan fingerprint density at radius 3 is 2.08 bits per heavy atom. The molecule has 2 aliphatic heterocycles. The number of cyclic esters (lactones) is 1. The molecule has 1 aromatic heterocycles. The summed E-state index contributed by atoms with van der Waals surface area (Å²) in [5.74, 6) is -5.35. The highest BCUT2D eigenvalue weighted by atomic mass is 31.3. The minimum Gasteiger partial charge on any atom is -0.462 e. The average molecular weight is 1120 g/mol. The summed E-state index contributed by atoms with van der Waals surface area (Å²) in [6, 6.07) is 1.22. The topological polar surface area (TPSA) is 323 Å². The van der Waals surface area contributed by atoms with Crippen LogP contribution in [0.2, 0.25) is 0 Å². The zero-order chi connectivity index (χ0) is 56.5. The highest BCUT2D eigenvalue weighted by Gasteiger charge is 2.45. The van der Waals surface area contributed by atoms with Gasteiger partial charge in [-0.2, -0.15) is 9.29 Å². The molecule has 77 heavy (non-hydrogen) atoms. The fourth-order valence-corrected chi connectivity index (χ4v) is 9.97. The number of anilines is 1. The zero-order valence-electron chi connectivity index (χ0n) is 44.2. The number of unbranched alkanes of at least 4 members (excludes halogenated alkanes) is 2. The van der Waals surface area contributed by atoms with Crippen LogP contribution in [0.25, 0.3) is 0 Å². The van der Waals surface area contributed by atoms with E-state index < -0.39 is 120 Å². The maximum atomic E-state index is 13.9. The number of aromatic nitrogens is 2. The number of carbonyl (C=O) groups excluding carboxylic acids is 3. The van der Waals surface area contributed by atoms with Gasteiger partial charge >= 0.3 is 33.3 Å². The quantitative estimate of drug-likeness (QED) is 0.0238. The number of ketones is 1. The van der Waals surface area contributed by atoms with Gasteiger partial charge in [0.05, 0.1) is 37.4 Å². The Bertz CT molecular complexity index is 2350. The highest BCUT2D eigenvalue weighted by molar-refractivity contribution is 7.61. The first-order chi connectivity index (χ1) is 36.9. The standard InChI is InChI=1S/C54H81N3O18P2/c1-3-5-7-8-9-10-11-12-13-14-15-16-17-18-19-20-21-22-27-31-49(61)70-38-42-39-71-76(66,67)75-77(68,69)72-40-47-52(64)51(63)43(34-33-41(58)29-25-6-4-2)45(59)37-46(60)44(30-26-23-24-28-32-50(62)73-42)53(74-47)57-36-35-48(55)56-54(57)65/h5,7,9-10,12-13,15-16,18-19,21-23,26,33-36,41-44,46-47,51-53,58,60,63-64H,3-4,6,8,11,14,17,20,24-25,27-32,37-40H2,1-2H3,(H,66,67)(H,68,69)(H2,55,56,65)/b7-5-,10-9-,13-12-,16-15-,19-18-,22-21-,26-23?,34-33+/t41-,42+,43-,44-,46-,47+,51-,52+,53+/m0/s1. The molecule has 430 valence electrons. The predicted molar refractivity (Wildman–Crippen MR) is 289 cm³/mol. The van der Waals surface area contributed by atoms with Crippen LogP contribution in [0.1, 0.15) is 129 Å². The molecule has 0 spiro atoms. The van der Waals surface area contributed by atoms with Gasteiger partial charge in [0.1, 0.15) is 36.6 Å². The lowest BCUT2D eigenvalue weighted by Crippen LogP contribution is -2.51. The molecule has 21 nitrogen and oxygen atoms in total. The number of aliphatic hydroxyl groups excluding tert-OH is 4. The van der Waals surface area contributed by atoms with Crippen molar-refractivity contribution in [2.45, 2.75) is 166 Å². The lowest BCUT2D eigenvalue weighted by atomic mass is 9.83. The van der Waals surface area contributed by atoms with E-state index in [1.807, 2.05) is 25.2 Å². The molecular formula is C54H81N3O18P2. The number of fused-ring (bicyclic) bond motifs is 3. The number of esters is 2. The number of carbonyl (C=O) groups is 3. The number of Topliss-reactive ketones (excluding diaryl/α,β-unsaturated/α-hetero) is 1. The summed E-state index contributed by atoms with van der Waals surface area (Å²) in [4.78, 5) is 78.0. The first-order valence-corrected chi connectivity index (χ1v) is 29.3. The number of hydrogen-bond donors (Lipinski definition) is 7. The Morgan fingerprint density at radius 2 is 1.47 bits per heavy atom. The SMILES string of the molecule is CC/C=C\C/C=C\C/C=C\C/C=C\C/C=C\C/C=C\CCC(=O)OC[C@@H]1COP(=O)(O)OP(=O)(O)OC[C@H]2O[C@@H](n3ccc(N)nc3=O)[C@@H](CC=CCCCC(=O)O1)[C@@H](O)CC(=O)[C@H](/C=C/[C@@H](O)CCCCC)[C@H](O)[C@@H]2O. The molecule has 0 saturated carbocycles. The molecule has 1 saturated heterocycles. The van der Waals surface area contributed by atoms with Crippen molar-refractivity contribution in [1.29, 1.82) is 0 Å². The van der Waals surface area contributed by atoms with Gasteiger partial charge in [0.15, 0.2) is 6.10 Å². The third-order valence-corrected chi connectivity index (χ3v) is 14.6. The number of nitrogens with zero attached hydrogens (tertiary/aromatic N) is 2. The summed E-state index contributed by atoms with van der Waals surface area (Å²) in [6.45, 7) is 1.25. The normalized spacial score (nSPS) is 28.7. The summed E-state index contributed by atoms with van der Waals surface area (Å²) < 4.78 is 58.8. The Morgan fingerprint density at radius 1 is 0.857 bits per heavy atom. The maximum absolute atomic E-state index is 13.9. The first kappa shape index (κ1) is 66.5. The number of allylic oxidation sites excluding steroid dienone is 14. The van der Waals surface area contributed by atoms with Crippen molar-refractivity contribution in [2.75, 3.05) is 25.6 Å². The van der Waals surface area contributed by atoms with E-state index in [0.29, 0.717) is 25.7 Å². The molecule has 2 unspecified atom stereocenters. The number of phosphoric acid groups is 2. The van der Waals surface area contributed by atoms with Crippen molar-refractivity contribution >= 4 is 39.2 Å². The van der Waals surface area contributed by atoms with Crippen LogP contribution in [0.15, 0.2) is 114 Å². The van der Waals surface area contributed by atoms with E-state index in [9.17, 15) is 58.5 Å². The van der Waals surface area contributed by atoms with Crippen LogP contribution in [0.3, 0.4) is 0 Å². The Labute approximate surface area is 451 Å². The number of nitrogens with two attached hydrogens (primary N) is 1. The summed E-state index contributed by atoms with van der Waals surface area (Å²) in [6.07, 6.45) is 27.0.